The molecule has 0 aromatic carbocycles. The zero-order chi connectivity index (χ0) is 23.9. The summed E-state index contributed by atoms with van der Waals surface area (Å²) in [6, 6.07) is 0. The van der Waals surface area contributed by atoms with Crippen LogP contribution >= 0.6 is 0 Å². The predicted molar refractivity (Wildman–Crippen MR) is 121 cm³/mol. The van der Waals surface area contributed by atoms with Crippen LogP contribution in [0.5, 0.6) is 0 Å². The third-order valence-corrected chi connectivity index (χ3v) is 6.67. The van der Waals surface area contributed by atoms with Crippen LogP contribution < -0.4 is 11.2 Å². The number of aromatic nitrogens is 2. The number of halogens is 1. The Morgan fingerprint density at radius 1 is 1.06 bits per heavy atom. The molecule has 3 saturated heterocycles. The van der Waals surface area contributed by atoms with Gasteiger partial charge in [0.2, 0.25) is 0 Å². The molecule has 0 N–H and O–H groups in total. The number of rotatable bonds is 10. The molecular weight excluding hydrogens is 447 g/mol. The van der Waals surface area contributed by atoms with E-state index in [0.29, 0.717) is 38.0 Å². The molecule has 2 unspecified atom stereocenters. The fourth-order valence-corrected chi connectivity index (χ4v) is 4.75. The van der Waals surface area contributed by atoms with E-state index in [4.69, 9.17) is 23.7 Å². The Hall–Kier alpha value is -1.59. The lowest BCUT2D eigenvalue weighted by atomic mass is 10.1. The Morgan fingerprint density at radius 3 is 2.47 bits per heavy atom. The van der Waals surface area contributed by atoms with Gasteiger partial charge in [0.1, 0.15) is 12.3 Å². The maximum atomic E-state index is 13.2. The highest BCUT2D eigenvalue weighted by Crippen LogP contribution is 2.33. The molecule has 0 spiro atoms. The van der Waals surface area contributed by atoms with Gasteiger partial charge in [-0.25, -0.2) is 4.79 Å². The lowest BCUT2D eigenvalue weighted by Crippen LogP contribution is -2.42. The van der Waals surface area contributed by atoms with E-state index in [1.54, 1.807) is 13.1 Å². The maximum absolute atomic E-state index is 13.2. The van der Waals surface area contributed by atoms with Crippen molar-refractivity contribution < 1.29 is 28.1 Å². The number of unbranched alkanes of at least 4 members (excludes halogenated alkanes) is 1. The summed E-state index contributed by atoms with van der Waals surface area (Å²) in [5, 5.41) is 0. The van der Waals surface area contributed by atoms with E-state index in [0.717, 1.165) is 38.5 Å². The first-order chi connectivity index (χ1) is 16.6. The molecule has 3 fully saturated rings. The molecule has 5 atom stereocenters. The largest absolute Gasteiger partial charge is 0.353 e. The first-order valence-corrected chi connectivity index (χ1v) is 12.6. The second-order valence-electron chi connectivity index (χ2n) is 9.32. The van der Waals surface area contributed by atoms with Gasteiger partial charge < -0.3 is 23.7 Å². The van der Waals surface area contributed by atoms with Crippen LogP contribution in [0.2, 0.25) is 0 Å². The molecule has 9 nitrogen and oxygen atoms in total. The summed E-state index contributed by atoms with van der Waals surface area (Å²) < 4.78 is 45.2. The van der Waals surface area contributed by atoms with E-state index < -0.39 is 24.7 Å². The number of ether oxygens (including phenoxy) is 5. The molecule has 0 radical (unpaired) electrons. The van der Waals surface area contributed by atoms with Gasteiger partial charge in [0.15, 0.2) is 12.6 Å². The highest BCUT2D eigenvalue weighted by Gasteiger charge is 2.40. The van der Waals surface area contributed by atoms with Crippen LogP contribution in [0.15, 0.2) is 15.8 Å². The topological polar surface area (TPSA) is 90.2 Å². The zero-order valence-electron chi connectivity index (χ0n) is 20.0. The summed E-state index contributed by atoms with van der Waals surface area (Å²) in [6.07, 6.45) is 6.64. The van der Waals surface area contributed by atoms with Crippen LogP contribution in [0.4, 0.5) is 4.39 Å². The molecule has 1 aromatic heterocycles. The van der Waals surface area contributed by atoms with Crippen molar-refractivity contribution >= 4 is 0 Å². The molecule has 1 aromatic rings. The van der Waals surface area contributed by atoms with Crippen molar-refractivity contribution in [1.82, 2.24) is 9.13 Å². The van der Waals surface area contributed by atoms with Crippen molar-refractivity contribution in [2.24, 2.45) is 0 Å². The quantitative estimate of drug-likeness (QED) is 0.472. The minimum atomic E-state index is -0.603. The minimum Gasteiger partial charge on any atom is -0.353 e. The van der Waals surface area contributed by atoms with Gasteiger partial charge in [-0.2, -0.15) is 0 Å². The fourth-order valence-electron chi connectivity index (χ4n) is 4.75. The second-order valence-corrected chi connectivity index (χ2v) is 9.32. The molecule has 4 rings (SSSR count). The van der Waals surface area contributed by atoms with Gasteiger partial charge in [-0.15, -0.1) is 0 Å². The second kappa shape index (κ2) is 12.4. The fraction of sp³-hybridized carbons (Fsp3) is 0.833. The molecule has 0 bridgehead atoms. The van der Waals surface area contributed by atoms with Gasteiger partial charge in [-0.1, -0.05) is 0 Å². The Labute approximate surface area is 199 Å². The molecule has 0 saturated carbocycles. The molecule has 4 heterocycles. The zero-order valence-corrected chi connectivity index (χ0v) is 20.0. The summed E-state index contributed by atoms with van der Waals surface area (Å²) in [6.45, 7) is 3.01. The van der Waals surface area contributed by atoms with E-state index in [-0.39, 0.29) is 37.4 Å². The number of hydrogen-bond acceptors (Lipinski definition) is 7. The number of hydrogen-bond donors (Lipinski definition) is 0. The molecule has 3 aliphatic heterocycles. The van der Waals surface area contributed by atoms with Gasteiger partial charge in [0.05, 0.1) is 19.4 Å². The Bertz CT molecular complexity index is 892. The standard InChI is InChI=1S/C24H37FN2O7/c1-17-15-27(24(29)26(23(17)28)11-5-4-10-25)20-14-18(34-22-9-3-7-13-31-22)19(33-20)16-32-21-8-2-6-12-30-21/h15,18-22H,2-14,16H2,1H3/t18-,19+,20+,21?,22?/m0/s1. The van der Waals surface area contributed by atoms with Crippen LogP contribution in [0.3, 0.4) is 0 Å². The lowest BCUT2D eigenvalue weighted by Gasteiger charge is -2.29. The lowest BCUT2D eigenvalue weighted by molar-refractivity contribution is -0.216. The Morgan fingerprint density at radius 2 is 1.79 bits per heavy atom. The summed E-state index contributed by atoms with van der Waals surface area (Å²) in [5.74, 6) is 0. The summed E-state index contributed by atoms with van der Waals surface area (Å²) >= 11 is 0. The van der Waals surface area contributed by atoms with Crippen molar-refractivity contribution in [3.05, 3.63) is 32.6 Å². The molecule has 10 heteroatoms. The molecule has 0 amide bonds. The van der Waals surface area contributed by atoms with Gasteiger partial charge in [0, 0.05) is 37.9 Å². The predicted octanol–water partition coefficient (Wildman–Crippen LogP) is 2.81. The summed E-state index contributed by atoms with van der Waals surface area (Å²) in [5.41, 5.74) is -0.369. The number of nitrogens with zero attached hydrogens (tertiary/aromatic N) is 2. The monoisotopic (exact) mass is 484 g/mol. The van der Waals surface area contributed by atoms with Crippen LogP contribution in [-0.2, 0) is 30.2 Å². The SMILES string of the molecule is Cc1cn([C@H]2C[C@H](OC3CCCCO3)[C@@H](COC3CCCCO3)O2)c(=O)n(CCCCF)c1=O. The Kier molecular flexibility index (Phi) is 9.30. The van der Waals surface area contributed by atoms with Crippen molar-refractivity contribution in [2.45, 2.75) is 102 Å². The number of alkyl halides is 1. The van der Waals surface area contributed by atoms with Gasteiger partial charge in [-0.05, 0) is 58.3 Å². The van der Waals surface area contributed by atoms with E-state index >= 15 is 0 Å². The van der Waals surface area contributed by atoms with Crippen molar-refractivity contribution in [3.63, 3.8) is 0 Å². The van der Waals surface area contributed by atoms with Crippen LogP contribution in [0.25, 0.3) is 0 Å². The van der Waals surface area contributed by atoms with Crippen molar-refractivity contribution in [3.8, 4) is 0 Å². The molecule has 192 valence electrons. The van der Waals surface area contributed by atoms with Gasteiger partial charge in [0.25, 0.3) is 5.56 Å². The molecular formula is C24H37FN2O7. The highest BCUT2D eigenvalue weighted by molar-refractivity contribution is 5.04. The average molecular weight is 485 g/mol. The van der Waals surface area contributed by atoms with Crippen molar-refractivity contribution in [1.29, 1.82) is 0 Å². The van der Waals surface area contributed by atoms with Gasteiger partial charge >= 0.3 is 5.69 Å². The third kappa shape index (κ3) is 6.34. The first kappa shape index (κ1) is 25.5. The molecule has 0 aliphatic carbocycles. The normalized spacial score (nSPS) is 30.0. The molecule has 34 heavy (non-hydrogen) atoms. The van der Waals surface area contributed by atoms with E-state index in [2.05, 4.69) is 0 Å². The smallest absolute Gasteiger partial charge is 0.333 e. The van der Waals surface area contributed by atoms with Gasteiger partial charge in [-0.3, -0.25) is 18.3 Å². The summed E-state index contributed by atoms with van der Waals surface area (Å²) in [7, 11) is 0. The Balaban J connectivity index is 1.50. The average Bonchev–Trinajstić information content (AvgIpc) is 3.25. The van der Waals surface area contributed by atoms with E-state index in [9.17, 15) is 14.0 Å². The van der Waals surface area contributed by atoms with Crippen molar-refractivity contribution in [2.75, 3.05) is 26.5 Å². The summed E-state index contributed by atoms with van der Waals surface area (Å²) in [4.78, 5) is 25.7. The van der Waals surface area contributed by atoms with Crippen LogP contribution in [0, 0.1) is 6.92 Å². The van der Waals surface area contributed by atoms with Crippen LogP contribution in [0.1, 0.15) is 69.6 Å². The first-order valence-electron chi connectivity index (χ1n) is 12.6. The maximum Gasteiger partial charge on any atom is 0.333 e. The third-order valence-electron chi connectivity index (χ3n) is 6.67. The molecule has 3 aliphatic rings. The number of aryl methyl sites for hydroxylation is 1. The van der Waals surface area contributed by atoms with Crippen LogP contribution in [-0.4, -0.2) is 60.4 Å². The highest BCUT2D eigenvalue weighted by atomic mass is 19.1. The minimum absolute atomic E-state index is 0.178. The van der Waals surface area contributed by atoms with E-state index in [1.807, 2.05) is 0 Å². The van der Waals surface area contributed by atoms with E-state index in [1.165, 1.54) is 9.13 Å².